The molecular weight excluding hydrogens is 404 g/mol. The summed E-state index contributed by atoms with van der Waals surface area (Å²) >= 11 is 1.50. The van der Waals surface area contributed by atoms with Gasteiger partial charge in [0, 0.05) is 9.75 Å². The van der Waals surface area contributed by atoms with Crippen LogP contribution in [0.1, 0.15) is 38.6 Å². The molecule has 1 heterocycles. The summed E-state index contributed by atoms with van der Waals surface area (Å²) < 4.78 is 0. The molecular formula is C26H24N2O2S. The molecule has 0 aliphatic rings. The van der Waals surface area contributed by atoms with Gasteiger partial charge in [0.25, 0.3) is 0 Å². The van der Waals surface area contributed by atoms with E-state index in [4.69, 9.17) is 0 Å². The predicted molar refractivity (Wildman–Crippen MR) is 125 cm³/mol. The van der Waals surface area contributed by atoms with Crippen LogP contribution in [0.15, 0.2) is 103 Å². The molecule has 0 fully saturated rings. The molecule has 4 rings (SSSR count). The minimum Gasteiger partial charge on any atom is -0.383 e. The largest absolute Gasteiger partial charge is 0.383 e. The van der Waals surface area contributed by atoms with Crippen LogP contribution in [-0.2, 0) is 6.54 Å². The molecule has 0 radical (unpaired) electrons. The molecule has 0 saturated heterocycles. The fourth-order valence-electron chi connectivity index (χ4n) is 3.44. The maximum atomic E-state index is 12.7. The van der Waals surface area contributed by atoms with Crippen LogP contribution in [0.4, 0.5) is 4.79 Å². The number of hydrogen-bond acceptors (Lipinski definition) is 3. The third-order valence-corrected chi connectivity index (χ3v) is 6.17. The molecule has 5 heteroatoms. The highest BCUT2D eigenvalue weighted by Gasteiger charge is 2.17. The van der Waals surface area contributed by atoms with Crippen LogP contribution in [0.3, 0.4) is 0 Å². The molecule has 1 atom stereocenters. The van der Waals surface area contributed by atoms with E-state index < -0.39 is 6.10 Å². The zero-order valence-electron chi connectivity index (χ0n) is 16.9. The molecule has 0 aliphatic carbocycles. The minimum atomic E-state index is -0.658. The number of carbonyl (C=O) groups is 1. The van der Waals surface area contributed by atoms with Gasteiger partial charge in [-0.3, -0.25) is 0 Å². The number of rotatable bonds is 7. The van der Waals surface area contributed by atoms with Gasteiger partial charge in [-0.15, -0.1) is 11.3 Å². The highest BCUT2D eigenvalue weighted by atomic mass is 32.1. The first kappa shape index (κ1) is 20.8. The fourth-order valence-corrected chi connectivity index (χ4v) is 4.40. The second-order valence-electron chi connectivity index (χ2n) is 7.20. The smallest absolute Gasteiger partial charge is 0.315 e. The van der Waals surface area contributed by atoms with Crippen LogP contribution in [0.5, 0.6) is 0 Å². The van der Waals surface area contributed by atoms with E-state index in [1.54, 1.807) is 0 Å². The lowest BCUT2D eigenvalue weighted by Crippen LogP contribution is -2.37. The lowest BCUT2D eigenvalue weighted by molar-refractivity contribution is 0.224. The van der Waals surface area contributed by atoms with Crippen LogP contribution < -0.4 is 10.6 Å². The van der Waals surface area contributed by atoms with Crippen molar-refractivity contribution in [3.8, 4) is 0 Å². The number of thiophene rings is 1. The van der Waals surface area contributed by atoms with Crippen LogP contribution in [0, 0.1) is 0 Å². The van der Waals surface area contributed by atoms with Gasteiger partial charge in [-0.1, -0.05) is 91.0 Å². The zero-order valence-corrected chi connectivity index (χ0v) is 17.8. The van der Waals surface area contributed by atoms with Gasteiger partial charge in [-0.2, -0.15) is 0 Å². The first-order valence-electron chi connectivity index (χ1n) is 10.2. The van der Waals surface area contributed by atoms with Gasteiger partial charge in [0.1, 0.15) is 6.10 Å². The fraction of sp³-hybridized carbons (Fsp3) is 0.115. The van der Waals surface area contributed by atoms with Gasteiger partial charge in [0.2, 0.25) is 0 Å². The predicted octanol–water partition coefficient (Wildman–Crippen LogP) is 5.42. The maximum Gasteiger partial charge on any atom is 0.315 e. The summed E-state index contributed by atoms with van der Waals surface area (Å²) in [6.45, 7) is 0.397. The van der Waals surface area contributed by atoms with Gasteiger partial charge < -0.3 is 15.7 Å². The Hall–Kier alpha value is -3.41. The number of amides is 2. The van der Waals surface area contributed by atoms with Crippen LogP contribution in [0.2, 0.25) is 0 Å². The van der Waals surface area contributed by atoms with Crippen LogP contribution in [-0.4, -0.2) is 11.1 Å². The van der Waals surface area contributed by atoms with Crippen molar-refractivity contribution < 1.29 is 9.90 Å². The number of carbonyl (C=O) groups excluding carboxylic acids is 1. The van der Waals surface area contributed by atoms with E-state index in [1.165, 1.54) is 11.3 Å². The Morgan fingerprint density at radius 2 is 1.26 bits per heavy atom. The molecule has 156 valence electrons. The Bertz CT molecular complexity index is 1060. The normalized spacial score (nSPS) is 11.8. The van der Waals surface area contributed by atoms with E-state index in [0.717, 1.165) is 26.4 Å². The summed E-state index contributed by atoms with van der Waals surface area (Å²) in [6, 6.07) is 32.8. The molecule has 0 aliphatic heterocycles. The van der Waals surface area contributed by atoms with Gasteiger partial charge in [-0.05, 0) is 28.8 Å². The number of benzene rings is 3. The van der Waals surface area contributed by atoms with Gasteiger partial charge >= 0.3 is 6.03 Å². The van der Waals surface area contributed by atoms with Gasteiger partial charge in [-0.25, -0.2) is 4.79 Å². The quantitative estimate of drug-likeness (QED) is 0.368. The first-order valence-corrected chi connectivity index (χ1v) is 11.0. The second kappa shape index (κ2) is 10.1. The molecule has 2 amide bonds. The summed E-state index contributed by atoms with van der Waals surface area (Å²) in [7, 11) is 0. The van der Waals surface area contributed by atoms with Crippen molar-refractivity contribution >= 4 is 17.4 Å². The number of aliphatic hydroxyl groups is 1. The van der Waals surface area contributed by atoms with Gasteiger partial charge in [0.15, 0.2) is 0 Å². The van der Waals surface area contributed by atoms with Crippen molar-refractivity contribution in [2.24, 2.45) is 0 Å². The summed E-state index contributed by atoms with van der Waals surface area (Å²) in [5, 5.41) is 16.6. The Balaban J connectivity index is 1.40. The number of nitrogens with one attached hydrogen (secondary N) is 2. The Morgan fingerprint density at radius 1 is 0.742 bits per heavy atom. The van der Waals surface area contributed by atoms with Gasteiger partial charge in [0.05, 0.1) is 12.6 Å². The third-order valence-electron chi connectivity index (χ3n) is 5.03. The molecule has 0 spiro atoms. The monoisotopic (exact) mass is 428 g/mol. The molecule has 4 aromatic rings. The lowest BCUT2D eigenvalue weighted by Gasteiger charge is -2.20. The van der Waals surface area contributed by atoms with E-state index in [0.29, 0.717) is 6.54 Å². The van der Waals surface area contributed by atoms with Crippen molar-refractivity contribution in [1.29, 1.82) is 0 Å². The SMILES string of the molecule is O=C(NCc1ccc(C(O)c2ccccc2)s1)NC(c1ccccc1)c1ccccc1. The van der Waals surface area contributed by atoms with E-state index >= 15 is 0 Å². The van der Waals surface area contributed by atoms with Crippen LogP contribution in [0.25, 0.3) is 0 Å². The number of aliphatic hydroxyl groups excluding tert-OH is 1. The summed E-state index contributed by atoms with van der Waals surface area (Å²) in [5.74, 6) is 0. The third kappa shape index (κ3) is 5.40. The maximum absolute atomic E-state index is 12.7. The summed E-state index contributed by atoms with van der Waals surface area (Å²) in [5.41, 5.74) is 2.90. The zero-order chi connectivity index (χ0) is 21.5. The van der Waals surface area contributed by atoms with Crippen molar-refractivity contribution in [1.82, 2.24) is 10.6 Å². The van der Waals surface area contributed by atoms with Crippen molar-refractivity contribution in [3.05, 3.63) is 130 Å². The second-order valence-corrected chi connectivity index (χ2v) is 8.40. The Kier molecular flexibility index (Phi) is 6.77. The molecule has 3 aromatic carbocycles. The van der Waals surface area contributed by atoms with E-state index in [2.05, 4.69) is 10.6 Å². The van der Waals surface area contributed by atoms with Crippen LogP contribution >= 0.6 is 11.3 Å². The number of urea groups is 1. The molecule has 1 unspecified atom stereocenters. The standard InChI is InChI=1S/C26H24N2O2S/c29-25(21-14-8-3-9-15-21)23-17-16-22(31-23)18-27-26(30)28-24(19-10-4-1-5-11-19)20-12-6-2-7-13-20/h1-17,24-25,29H,18H2,(H2,27,28,30). The molecule has 0 bridgehead atoms. The molecule has 3 N–H and O–H groups in total. The molecule has 31 heavy (non-hydrogen) atoms. The highest BCUT2D eigenvalue weighted by molar-refractivity contribution is 7.12. The van der Waals surface area contributed by atoms with E-state index in [9.17, 15) is 9.90 Å². The molecule has 0 saturated carbocycles. The van der Waals surface area contributed by atoms with E-state index in [1.807, 2.05) is 103 Å². The topological polar surface area (TPSA) is 61.4 Å². The Labute approximate surface area is 186 Å². The highest BCUT2D eigenvalue weighted by Crippen LogP contribution is 2.28. The van der Waals surface area contributed by atoms with Crippen molar-refractivity contribution in [3.63, 3.8) is 0 Å². The van der Waals surface area contributed by atoms with Crippen molar-refractivity contribution in [2.45, 2.75) is 18.7 Å². The van der Waals surface area contributed by atoms with E-state index in [-0.39, 0.29) is 12.1 Å². The average molecular weight is 429 g/mol. The first-order chi connectivity index (χ1) is 15.2. The minimum absolute atomic E-state index is 0.235. The number of hydrogen-bond donors (Lipinski definition) is 3. The Morgan fingerprint density at radius 3 is 1.81 bits per heavy atom. The summed E-state index contributed by atoms with van der Waals surface area (Å²) in [4.78, 5) is 14.5. The van der Waals surface area contributed by atoms with Crippen molar-refractivity contribution in [2.75, 3.05) is 0 Å². The average Bonchev–Trinajstić information content (AvgIpc) is 3.31. The lowest BCUT2D eigenvalue weighted by atomic mass is 9.99. The molecule has 1 aromatic heterocycles. The molecule has 4 nitrogen and oxygen atoms in total. The summed E-state index contributed by atoms with van der Waals surface area (Å²) in [6.07, 6.45) is -0.658.